The van der Waals surface area contributed by atoms with Gasteiger partial charge in [-0.1, -0.05) is 72.8 Å². The molecule has 1 aliphatic rings. The fourth-order valence-corrected chi connectivity index (χ4v) is 3.54. The first kappa shape index (κ1) is 15.4. The number of carbonyl (C=O) groups is 1. The summed E-state index contributed by atoms with van der Waals surface area (Å²) in [6, 6.07) is 26.5. The zero-order valence-electron chi connectivity index (χ0n) is 14.0. The molecule has 1 aliphatic carbocycles. The number of rotatable bonds is 3. The zero-order chi connectivity index (χ0) is 17.2. The van der Waals surface area contributed by atoms with E-state index in [1.807, 2.05) is 36.4 Å². The molecule has 2 heteroatoms. The summed E-state index contributed by atoms with van der Waals surface area (Å²) in [5, 5.41) is 0. The molecule has 0 spiro atoms. The Labute approximate surface area is 147 Å². The minimum absolute atomic E-state index is 0.306. The van der Waals surface area contributed by atoms with Crippen LogP contribution in [0.5, 0.6) is 0 Å². The second kappa shape index (κ2) is 6.40. The SMILES string of the molecule is COC(=O)c1ccccc1C1=C(c2ccccc2)Cc2ccccc21. The van der Waals surface area contributed by atoms with Crippen molar-refractivity contribution in [2.24, 2.45) is 0 Å². The second-order valence-electron chi connectivity index (χ2n) is 6.09. The molecule has 0 bridgehead atoms. The lowest BCUT2D eigenvalue weighted by molar-refractivity contribution is 0.0600. The third kappa shape index (κ3) is 2.66. The van der Waals surface area contributed by atoms with E-state index in [1.165, 1.54) is 29.4 Å². The van der Waals surface area contributed by atoms with Gasteiger partial charge in [0.25, 0.3) is 0 Å². The van der Waals surface area contributed by atoms with Gasteiger partial charge in [-0.05, 0) is 45.9 Å². The highest BCUT2D eigenvalue weighted by molar-refractivity contribution is 6.08. The Morgan fingerprint density at radius 2 is 1.44 bits per heavy atom. The van der Waals surface area contributed by atoms with Crippen LogP contribution in [-0.2, 0) is 11.2 Å². The second-order valence-corrected chi connectivity index (χ2v) is 6.09. The molecule has 0 fully saturated rings. The van der Waals surface area contributed by atoms with E-state index < -0.39 is 0 Å². The van der Waals surface area contributed by atoms with Crippen molar-refractivity contribution >= 4 is 17.1 Å². The van der Waals surface area contributed by atoms with Crippen LogP contribution in [0.3, 0.4) is 0 Å². The lowest BCUT2D eigenvalue weighted by atomic mass is 9.91. The largest absolute Gasteiger partial charge is 0.465 e. The van der Waals surface area contributed by atoms with Crippen molar-refractivity contribution in [1.29, 1.82) is 0 Å². The summed E-state index contributed by atoms with van der Waals surface area (Å²) in [5.74, 6) is -0.306. The van der Waals surface area contributed by atoms with Crippen LogP contribution in [0.4, 0.5) is 0 Å². The highest BCUT2D eigenvalue weighted by Gasteiger charge is 2.26. The molecule has 0 saturated carbocycles. The van der Waals surface area contributed by atoms with E-state index in [4.69, 9.17) is 4.74 Å². The molecule has 0 amide bonds. The van der Waals surface area contributed by atoms with Gasteiger partial charge < -0.3 is 4.74 Å². The van der Waals surface area contributed by atoms with Crippen LogP contribution in [-0.4, -0.2) is 13.1 Å². The lowest BCUT2D eigenvalue weighted by Gasteiger charge is -2.13. The molecule has 0 unspecified atom stereocenters. The van der Waals surface area contributed by atoms with Gasteiger partial charge in [0.05, 0.1) is 12.7 Å². The number of carbonyl (C=O) groups excluding carboxylic acids is 1. The number of ether oxygens (including phenoxy) is 1. The van der Waals surface area contributed by atoms with Crippen molar-refractivity contribution in [2.75, 3.05) is 7.11 Å². The lowest BCUT2D eigenvalue weighted by Crippen LogP contribution is -2.05. The van der Waals surface area contributed by atoms with Gasteiger partial charge >= 0.3 is 5.97 Å². The van der Waals surface area contributed by atoms with Crippen LogP contribution >= 0.6 is 0 Å². The van der Waals surface area contributed by atoms with E-state index >= 15 is 0 Å². The molecule has 0 saturated heterocycles. The predicted octanol–water partition coefficient (Wildman–Crippen LogP) is 4.99. The zero-order valence-corrected chi connectivity index (χ0v) is 14.0. The maximum atomic E-state index is 12.3. The molecule has 122 valence electrons. The van der Waals surface area contributed by atoms with E-state index in [9.17, 15) is 4.79 Å². The Hall–Kier alpha value is -3.13. The molecule has 2 nitrogen and oxygen atoms in total. The molecule has 0 aromatic heterocycles. The normalized spacial score (nSPS) is 12.8. The maximum Gasteiger partial charge on any atom is 0.338 e. The Morgan fingerprint density at radius 3 is 2.20 bits per heavy atom. The van der Waals surface area contributed by atoms with Crippen LogP contribution in [0.2, 0.25) is 0 Å². The number of fused-ring (bicyclic) bond motifs is 1. The van der Waals surface area contributed by atoms with E-state index in [1.54, 1.807) is 0 Å². The average molecular weight is 326 g/mol. The van der Waals surface area contributed by atoms with Crippen LogP contribution in [0.15, 0.2) is 78.9 Å². The molecule has 3 aromatic rings. The van der Waals surface area contributed by atoms with Crippen LogP contribution in [0.25, 0.3) is 11.1 Å². The minimum Gasteiger partial charge on any atom is -0.465 e. The van der Waals surface area contributed by atoms with Gasteiger partial charge in [-0.2, -0.15) is 0 Å². The summed E-state index contributed by atoms with van der Waals surface area (Å²) in [6.45, 7) is 0. The van der Waals surface area contributed by atoms with Gasteiger partial charge in [0.15, 0.2) is 0 Å². The third-order valence-electron chi connectivity index (χ3n) is 4.68. The van der Waals surface area contributed by atoms with Gasteiger partial charge in [0.2, 0.25) is 0 Å². The van der Waals surface area contributed by atoms with Crippen molar-refractivity contribution in [3.05, 3.63) is 107 Å². The van der Waals surface area contributed by atoms with Crippen molar-refractivity contribution in [3.63, 3.8) is 0 Å². The highest BCUT2D eigenvalue weighted by atomic mass is 16.5. The number of allylic oxidation sites excluding steroid dienone is 1. The van der Waals surface area contributed by atoms with Crippen LogP contribution in [0.1, 0.15) is 32.6 Å². The topological polar surface area (TPSA) is 26.3 Å². The number of esters is 1. The Balaban J connectivity index is 2.00. The number of benzene rings is 3. The highest BCUT2D eigenvalue weighted by Crippen LogP contribution is 2.43. The summed E-state index contributed by atoms with van der Waals surface area (Å²) >= 11 is 0. The quantitative estimate of drug-likeness (QED) is 0.634. The monoisotopic (exact) mass is 326 g/mol. The summed E-state index contributed by atoms with van der Waals surface area (Å²) in [5.41, 5.74) is 7.58. The molecule has 0 atom stereocenters. The maximum absolute atomic E-state index is 12.3. The number of hydrogen-bond donors (Lipinski definition) is 0. The first-order valence-corrected chi connectivity index (χ1v) is 8.34. The van der Waals surface area contributed by atoms with Crippen LogP contribution < -0.4 is 0 Å². The molecule has 4 rings (SSSR count). The fraction of sp³-hybridized carbons (Fsp3) is 0.0870. The van der Waals surface area contributed by atoms with Crippen molar-refractivity contribution in [3.8, 4) is 0 Å². The molecule has 0 radical (unpaired) electrons. The van der Waals surface area contributed by atoms with Gasteiger partial charge in [0.1, 0.15) is 0 Å². The van der Waals surface area contributed by atoms with E-state index in [-0.39, 0.29) is 5.97 Å². The summed E-state index contributed by atoms with van der Waals surface area (Å²) in [4.78, 5) is 12.3. The minimum atomic E-state index is -0.306. The molecule has 0 heterocycles. The van der Waals surface area contributed by atoms with E-state index in [2.05, 4.69) is 42.5 Å². The van der Waals surface area contributed by atoms with E-state index in [0.717, 1.165) is 17.6 Å². The van der Waals surface area contributed by atoms with Gasteiger partial charge in [-0.25, -0.2) is 4.79 Å². The number of methoxy groups -OCH3 is 1. The molecule has 25 heavy (non-hydrogen) atoms. The predicted molar refractivity (Wildman–Crippen MR) is 100 cm³/mol. The van der Waals surface area contributed by atoms with Crippen LogP contribution in [0, 0.1) is 0 Å². The molecular formula is C23H18O2. The summed E-state index contributed by atoms with van der Waals surface area (Å²) in [7, 11) is 1.42. The van der Waals surface area contributed by atoms with Crippen molar-refractivity contribution in [2.45, 2.75) is 6.42 Å². The van der Waals surface area contributed by atoms with E-state index in [0.29, 0.717) is 5.56 Å². The van der Waals surface area contributed by atoms with Gasteiger partial charge in [-0.3, -0.25) is 0 Å². The summed E-state index contributed by atoms with van der Waals surface area (Å²) < 4.78 is 5.00. The van der Waals surface area contributed by atoms with Crippen molar-refractivity contribution in [1.82, 2.24) is 0 Å². The molecule has 0 N–H and O–H groups in total. The van der Waals surface area contributed by atoms with Crippen molar-refractivity contribution < 1.29 is 9.53 Å². The molecule has 3 aromatic carbocycles. The smallest absolute Gasteiger partial charge is 0.338 e. The summed E-state index contributed by atoms with van der Waals surface area (Å²) in [6.07, 6.45) is 0.866. The average Bonchev–Trinajstić information content (AvgIpc) is 3.07. The Bertz CT molecular complexity index is 968. The first-order chi connectivity index (χ1) is 12.3. The molecule has 0 aliphatic heterocycles. The Kier molecular flexibility index (Phi) is 3.95. The third-order valence-corrected chi connectivity index (χ3v) is 4.68. The first-order valence-electron chi connectivity index (χ1n) is 8.34. The Morgan fingerprint density at radius 1 is 0.800 bits per heavy atom. The standard InChI is InChI=1S/C23H18O2/c1-25-23(24)20-14-8-7-13-19(20)22-18-12-6-5-11-17(18)15-21(22)16-9-3-2-4-10-16/h2-14H,15H2,1H3. The number of hydrogen-bond acceptors (Lipinski definition) is 2. The van der Waals surface area contributed by atoms with Gasteiger partial charge in [0, 0.05) is 0 Å². The molecular weight excluding hydrogens is 308 g/mol. The van der Waals surface area contributed by atoms with Gasteiger partial charge in [-0.15, -0.1) is 0 Å². The fourth-order valence-electron chi connectivity index (χ4n) is 3.54.